The van der Waals surface area contributed by atoms with Crippen LogP contribution < -0.4 is 10.2 Å². The van der Waals surface area contributed by atoms with Crippen LogP contribution >= 0.6 is 0 Å². The summed E-state index contributed by atoms with van der Waals surface area (Å²) in [5.74, 6) is -1.02. The van der Waals surface area contributed by atoms with Crippen LogP contribution in [0.2, 0.25) is 0 Å². The number of nitrogens with one attached hydrogen (secondary N) is 1. The van der Waals surface area contributed by atoms with Crippen molar-refractivity contribution in [3.8, 4) is 0 Å². The molecule has 1 N–H and O–H groups in total. The van der Waals surface area contributed by atoms with Crippen LogP contribution in [0.1, 0.15) is 24.1 Å². The average Bonchev–Trinajstić information content (AvgIpc) is 2.77. The van der Waals surface area contributed by atoms with Gasteiger partial charge in [0, 0.05) is 25.6 Å². The molecule has 162 valence electrons. The zero-order chi connectivity index (χ0) is 22.0. The molecule has 9 heteroatoms. The van der Waals surface area contributed by atoms with E-state index in [9.17, 15) is 22.4 Å². The Labute approximate surface area is 176 Å². The van der Waals surface area contributed by atoms with Gasteiger partial charge >= 0.3 is 6.18 Å². The lowest BCUT2D eigenvalue weighted by Crippen LogP contribution is -2.41. The summed E-state index contributed by atoms with van der Waals surface area (Å²) in [4.78, 5) is 22.1. The van der Waals surface area contributed by atoms with Gasteiger partial charge in [0.1, 0.15) is 5.82 Å². The van der Waals surface area contributed by atoms with E-state index in [-0.39, 0.29) is 48.6 Å². The predicted octanol–water partition coefficient (Wildman–Crippen LogP) is 4.32. The lowest BCUT2D eigenvalue weighted by atomic mass is 9.95. The second kappa shape index (κ2) is 8.49. The third kappa shape index (κ3) is 4.76. The van der Waals surface area contributed by atoms with Crippen molar-refractivity contribution < 1.29 is 22.4 Å². The van der Waals surface area contributed by atoms with Crippen molar-refractivity contribution in [1.82, 2.24) is 15.3 Å². The highest BCUT2D eigenvalue weighted by Gasteiger charge is 2.39. The number of nitrogens with zero attached hydrogens (tertiary/aromatic N) is 3. The third-order valence-electron chi connectivity index (χ3n) is 5.37. The number of para-hydroxylation sites is 2. The van der Waals surface area contributed by atoms with Crippen molar-refractivity contribution in [2.75, 3.05) is 18.0 Å². The van der Waals surface area contributed by atoms with Gasteiger partial charge in [0.25, 0.3) is 0 Å². The highest BCUT2D eigenvalue weighted by molar-refractivity contribution is 5.79. The van der Waals surface area contributed by atoms with E-state index >= 15 is 0 Å². The second-order valence-corrected chi connectivity index (χ2v) is 7.49. The van der Waals surface area contributed by atoms with E-state index in [1.807, 2.05) is 0 Å². The molecule has 0 radical (unpaired) electrons. The first-order chi connectivity index (χ1) is 14.8. The number of rotatable bonds is 4. The maximum absolute atomic E-state index is 13.6. The Kier molecular flexibility index (Phi) is 5.75. The molecule has 2 aromatic carbocycles. The zero-order valence-electron chi connectivity index (χ0n) is 16.5. The van der Waals surface area contributed by atoms with Crippen molar-refractivity contribution in [1.29, 1.82) is 0 Å². The zero-order valence-corrected chi connectivity index (χ0v) is 16.5. The Morgan fingerprint density at radius 3 is 2.23 bits per heavy atom. The number of benzene rings is 2. The van der Waals surface area contributed by atoms with Crippen LogP contribution in [0.15, 0.2) is 48.5 Å². The highest BCUT2D eigenvalue weighted by atomic mass is 19.4. The van der Waals surface area contributed by atoms with Gasteiger partial charge in [0.05, 0.1) is 11.0 Å². The van der Waals surface area contributed by atoms with Crippen LogP contribution in [0.5, 0.6) is 0 Å². The molecular weight excluding hydrogens is 412 g/mol. The number of carbonyl (C=O) groups is 1. The van der Waals surface area contributed by atoms with Gasteiger partial charge in [-0.05, 0) is 42.7 Å². The molecule has 0 atom stereocenters. The minimum Gasteiger partial charge on any atom is -0.355 e. The van der Waals surface area contributed by atoms with Gasteiger partial charge in [0.2, 0.25) is 5.91 Å². The SMILES string of the molecule is O=C(NCc1ccc(F)cc1)C1CCN(c2nc3ccccc3nc2C(F)(F)F)CC1. The maximum Gasteiger partial charge on any atom is 0.437 e. The summed E-state index contributed by atoms with van der Waals surface area (Å²) in [6, 6.07) is 12.3. The lowest BCUT2D eigenvalue weighted by Gasteiger charge is -2.33. The molecule has 1 aliphatic rings. The molecule has 1 fully saturated rings. The van der Waals surface area contributed by atoms with Gasteiger partial charge in [-0.2, -0.15) is 13.2 Å². The van der Waals surface area contributed by atoms with Crippen molar-refractivity contribution >= 4 is 22.8 Å². The average molecular weight is 432 g/mol. The number of hydrogen-bond donors (Lipinski definition) is 1. The first-order valence-corrected chi connectivity index (χ1v) is 9.92. The quantitative estimate of drug-likeness (QED) is 0.624. The first kappa shape index (κ1) is 21.0. The summed E-state index contributed by atoms with van der Waals surface area (Å²) in [7, 11) is 0. The number of fused-ring (bicyclic) bond motifs is 1. The monoisotopic (exact) mass is 432 g/mol. The molecular formula is C22H20F4N4O. The standard InChI is InChI=1S/C22H20F4N4O/c23-16-7-5-14(6-8-16)13-27-21(31)15-9-11-30(12-10-15)20-19(22(24,25)26)28-17-3-1-2-4-18(17)29-20/h1-8,15H,9-13H2,(H,27,31). The maximum atomic E-state index is 13.6. The van der Waals surface area contributed by atoms with Gasteiger partial charge in [-0.25, -0.2) is 14.4 Å². The number of piperidine rings is 1. The van der Waals surface area contributed by atoms with E-state index in [1.165, 1.54) is 18.2 Å². The molecule has 3 aromatic rings. The number of alkyl halides is 3. The van der Waals surface area contributed by atoms with Crippen molar-refractivity contribution in [3.05, 3.63) is 65.6 Å². The van der Waals surface area contributed by atoms with E-state index in [1.54, 1.807) is 35.2 Å². The Hall–Kier alpha value is -3.23. The second-order valence-electron chi connectivity index (χ2n) is 7.49. The topological polar surface area (TPSA) is 58.1 Å². The van der Waals surface area contributed by atoms with Gasteiger partial charge < -0.3 is 10.2 Å². The van der Waals surface area contributed by atoms with E-state index < -0.39 is 11.9 Å². The smallest absolute Gasteiger partial charge is 0.355 e. The van der Waals surface area contributed by atoms with Crippen molar-refractivity contribution in [2.45, 2.75) is 25.6 Å². The van der Waals surface area contributed by atoms with Crippen LogP contribution in [-0.4, -0.2) is 29.0 Å². The molecule has 5 nitrogen and oxygen atoms in total. The summed E-state index contributed by atoms with van der Waals surface area (Å²) in [5.41, 5.74) is 0.345. The van der Waals surface area contributed by atoms with E-state index in [2.05, 4.69) is 15.3 Å². The molecule has 0 saturated carbocycles. The molecule has 0 bridgehead atoms. The Morgan fingerprint density at radius 1 is 1.00 bits per heavy atom. The molecule has 31 heavy (non-hydrogen) atoms. The van der Waals surface area contributed by atoms with Crippen LogP contribution in [0, 0.1) is 11.7 Å². The molecule has 4 rings (SSSR count). The van der Waals surface area contributed by atoms with Gasteiger partial charge in [-0.3, -0.25) is 4.79 Å². The van der Waals surface area contributed by atoms with Crippen LogP contribution in [0.25, 0.3) is 11.0 Å². The molecule has 0 aliphatic carbocycles. The largest absolute Gasteiger partial charge is 0.437 e. The van der Waals surface area contributed by atoms with E-state index in [4.69, 9.17) is 0 Å². The molecule has 1 aliphatic heterocycles. The van der Waals surface area contributed by atoms with Crippen LogP contribution in [0.3, 0.4) is 0 Å². The molecule has 2 heterocycles. The van der Waals surface area contributed by atoms with Crippen molar-refractivity contribution in [2.24, 2.45) is 5.92 Å². The van der Waals surface area contributed by atoms with Gasteiger partial charge in [-0.1, -0.05) is 24.3 Å². The number of halogens is 4. The van der Waals surface area contributed by atoms with Crippen molar-refractivity contribution in [3.63, 3.8) is 0 Å². The minimum absolute atomic E-state index is 0.162. The first-order valence-electron chi connectivity index (χ1n) is 9.92. The number of hydrogen-bond acceptors (Lipinski definition) is 4. The summed E-state index contributed by atoms with van der Waals surface area (Å²) in [5, 5.41) is 2.81. The summed E-state index contributed by atoms with van der Waals surface area (Å²) < 4.78 is 53.8. The molecule has 1 amide bonds. The van der Waals surface area contributed by atoms with Crippen LogP contribution in [0.4, 0.5) is 23.4 Å². The number of carbonyl (C=O) groups excluding carboxylic acids is 1. The highest BCUT2D eigenvalue weighted by Crippen LogP contribution is 2.36. The molecule has 0 unspecified atom stereocenters. The summed E-state index contributed by atoms with van der Waals surface area (Å²) in [6.45, 7) is 0.809. The number of aromatic nitrogens is 2. The normalized spacial score (nSPS) is 15.3. The Bertz CT molecular complexity index is 1080. The minimum atomic E-state index is -4.63. The number of anilines is 1. The van der Waals surface area contributed by atoms with Crippen LogP contribution in [-0.2, 0) is 17.5 Å². The van der Waals surface area contributed by atoms with E-state index in [0.717, 1.165) is 5.56 Å². The third-order valence-corrected chi connectivity index (χ3v) is 5.37. The Balaban J connectivity index is 1.44. The fourth-order valence-electron chi connectivity index (χ4n) is 3.69. The number of amides is 1. The molecule has 1 aromatic heterocycles. The molecule has 0 spiro atoms. The molecule has 1 saturated heterocycles. The Morgan fingerprint density at radius 2 is 1.61 bits per heavy atom. The fourth-order valence-corrected chi connectivity index (χ4v) is 3.69. The fraction of sp³-hybridized carbons (Fsp3) is 0.318. The summed E-state index contributed by atoms with van der Waals surface area (Å²) in [6.07, 6.45) is -3.82. The van der Waals surface area contributed by atoms with Gasteiger partial charge in [0.15, 0.2) is 11.5 Å². The predicted molar refractivity (Wildman–Crippen MR) is 108 cm³/mol. The summed E-state index contributed by atoms with van der Waals surface area (Å²) >= 11 is 0. The van der Waals surface area contributed by atoms with Gasteiger partial charge in [-0.15, -0.1) is 0 Å². The lowest BCUT2D eigenvalue weighted by molar-refractivity contribution is -0.140. The van der Waals surface area contributed by atoms with E-state index in [0.29, 0.717) is 18.4 Å².